The van der Waals surface area contributed by atoms with Gasteiger partial charge in [0, 0.05) is 43.8 Å². The summed E-state index contributed by atoms with van der Waals surface area (Å²) in [5, 5.41) is 15.7. The van der Waals surface area contributed by atoms with Crippen molar-refractivity contribution >= 4 is 17.7 Å². The number of ether oxygens (including phenoxy) is 1. The van der Waals surface area contributed by atoms with Gasteiger partial charge in [-0.15, -0.1) is 0 Å². The molecule has 0 saturated heterocycles. The SMILES string of the molecule is O=C(O)C(CCN(CCCCc1ccc2c(n1)NCCC2)CCOc1cncc(F)c1)Nc1ncc(C(F)(F)F)cn1. The number of carboxylic acids is 1. The summed E-state index contributed by atoms with van der Waals surface area (Å²) in [6.45, 7) is 2.55. The number of alkyl halides is 3. The van der Waals surface area contributed by atoms with E-state index in [1.807, 2.05) is 4.90 Å². The third-order valence-electron chi connectivity index (χ3n) is 6.78. The van der Waals surface area contributed by atoms with E-state index in [2.05, 4.69) is 37.7 Å². The van der Waals surface area contributed by atoms with Gasteiger partial charge in [-0.1, -0.05) is 6.07 Å². The second-order valence-corrected chi connectivity index (χ2v) is 9.94. The summed E-state index contributed by atoms with van der Waals surface area (Å²) in [7, 11) is 0. The lowest BCUT2D eigenvalue weighted by molar-refractivity contribution is -0.139. The Labute approximate surface area is 240 Å². The van der Waals surface area contributed by atoms with Gasteiger partial charge in [0.05, 0.1) is 18.0 Å². The van der Waals surface area contributed by atoms with Gasteiger partial charge in [0.1, 0.15) is 30.0 Å². The van der Waals surface area contributed by atoms with Crippen molar-refractivity contribution in [2.45, 2.75) is 50.7 Å². The number of halogens is 4. The number of anilines is 2. The molecule has 0 saturated carbocycles. The van der Waals surface area contributed by atoms with Crippen LogP contribution in [0.5, 0.6) is 5.75 Å². The maximum atomic E-state index is 13.4. The lowest BCUT2D eigenvalue weighted by atomic mass is 10.1. The summed E-state index contributed by atoms with van der Waals surface area (Å²) in [4.78, 5) is 29.6. The Kier molecular flexibility index (Phi) is 10.8. The fraction of sp³-hybridized carbons (Fsp3) is 0.464. The second kappa shape index (κ2) is 14.7. The molecule has 0 aromatic carbocycles. The highest BCUT2D eigenvalue weighted by molar-refractivity contribution is 5.76. The zero-order valence-corrected chi connectivity index (χ0v) is 22.9. The van der Waals surface area contributed by atoms with E-state index in [1.54, 1.807) is 0 Å². The average molecular weight is 592 g/mol. The summed E-state index contributed by atoms with van der Waals surface area (Å²) in [5.41, 5.74) is 1.21. The van der Waals surface area contributed by atoms with Gasteiger partial charge in [-0.2, -0.15) is 13.2 Å². The second-order valence-electron chi connectivity index (χ2n) is 9.94. The molecule has 0 fully saturated rings. The molecule has 1 aliphatic rings. The fourth-order valence-corrected chi connectivity index (χ4v) is 4.52. The molecule has 3 aromatic heterocycles. The molecule has 0 radical (unpaired) electrons. The first-order valence-corrected chi connectivity index (χ1v) is 13.7. The maximum Gasteiger partial charge on any atom is 0.419 e. The smallest absolute Gasteiger partial charge is 0.419 e. The van der Waals surface area contributed by atoms with Gasteiger partial charge in [-0.05, 0) is 56.7 Å². The molecule has 4 rings (SSSR count). The van der Waals surface area contributed by atoms with Crippen LogP contribution in [0.15, 0.2) is 43.0 Å². The number of fused-ring (bicyclic) bond motifs is 1. The zero-order valence-electron chi connectivity index (χ0n) is 22.9. The van der Waals surface area contributed by atoms with E-state index in [0.29, 0.717) is 32.0 Å². The number of nitrogens with zero attached hydrogens (tertiary/aromatic N) is 5. The fourth-order valence-electron chi connectivity index (χ4n) is 4.52. The van der Waals surface area contributed by atoms with E-state index in [9.17, 15) is 27.5 Å². The van der Waals surface area contributed by atoms with Gasteiger partial charge >= 0.3 is 12.1 Å². The first-order valence-electron chi connectivity index (χ1n) is 13.7. The number of unbranched alkanes of at least 4 members (excludes halogenated alkanes) is 1. The number of aromatic nitrogens is 4. The van der Waals surface area contributed by atoms with Crippen molar-refractivity contribution in [3.05, 3.63) is 65.6 Å². The van der Waals surface area contributed by atoms with Crippen LogP contribution in [-0.2, 0) is 23.8 Å². The van der Waals surface area contributed by atoms with Crippen LogP contribution in [-0.4, -0.2) is 74.7 Å². The molecular weight excluding hydrogens is 558 g/mol. The van der Waals surface area contributed by atoms with Crippen LogP contribution in [0.4, 0.5) is 29.3 Å². The van der Waals surface area contributed by atoms with E-state index in [4.69, 9.17) is 9.72 Å². The highest BCUT2D eigenvalue weighted by Crippen LogP contribution is 2.28. The van der Waals surface area contributed by atoms with Crippen LogP contribution in [0, 0.1) is 5.82 Å². The Hall–Kier alpha value is -4.07. The lowest BCUT2D eigenvalue weighted by Crippen LogP contribution is -2.37. The highest BCUT2D eigenvalue weighted by atomic mass is 19.4. The summed E-state index contributed by atoms with van der Waals surface area (Å²) in [6.07, 6.45) is 3.79. The molecule has 3 N–H and O–H groups in total. The number of carboxylic acid groups (broad SMARTS) is 1. The van der Waals surface area contributed by atoms with Gasteiger partial charge in [0.15, 0.2) is 0 Å². The first kappa shape index (κ1) is 30.9. The molecule has 226 valence electrons. The molecule has 1 unspecified atom stereocenters. The molecule has 14 heteroatoms. The molecule has 0 bridgehead atoms. The molecular formula is C28H33F4N7O3. The lowest BCUT2D eigenvalue weighted by Gasteiger charge is -2.24. The number of aryl methyl sites for hydroxylation is 2. The molecule has 4 heterocycles. The van der Waals surface area contributed by atoms with Gasteiger partial charge < -0.3 is 20.5 Å². The predicted molar refractivity (Wildman–Crippen MR) is 147 cm³/mol. The van der Waals surface area contributed by atoms with Crippen molar-refractivity contribution in [3.63, 3.8) is 0 Å². The molecule has 42 heavy (non-hydrogen) atoms. The van der Waals surface area contributed by atoms with Gasteiger partial charge in [-0.3, -0.25) is 9.88 Å². The Morgan fingerprint density at radius 1 is 1.12 bits per heavy atom. The Morgan fingerprint density at radius 3 is 2.67 bits per heavy atom. The Morgan fingerprint density at radius 2 is 1.93 bits per heavy atom. The van der Waals surface area contributed by atoms with Crippen molar-refractivity contribution in [1.29, 1.82) is 0 Å². The number of hydrogen-bond donors (Lipinski definition) is 3. The largest absolute Gasteiger partial charge is 0.491 e. The van der Waals surface area contributed by atoms with Gasteiger partial charge in [0.2, 0.25) is 5.95 Å². The summed E-state index contributed by atoms with van der Waals surface area (Å²) < 4.78 is 57.5. The van der Waals surface area contributed by atoms with Crippen LogP contribution in [0.25, 0.3) is 0 Å². The van der Waals surface area contributed by atoms with Crippen molar-refractivity contribution < 1.29 is 32.2 Å². The van der Waals surface area contributed by atoms with Gasteiger partial charge in [-0.25, -0.2) is 24.1 Å². The van der Waals surface area contributed by atoms with E-state index in [1.165, 1.54) is 17.8 Å². The monoisotopic (exact) mass is 591 g/mol. The highest BCUT2D eigenvalue weighted by Gasteiger charge is 2.31. The van der Waals surface area contributed by atoms with E-state index in [-0.39, 0.29) is 24.7 Å². The summed E-state index contributed by atoms with van der Waals surface area (Å²) in [6, 6.07) is 4.27. The number of aliphatic carboxylic acids is 1. The van der Waals surface area contributed by atoms with E-state index in [0.717, 1.165) is 56.4 Å². The van der Waals surface area contributed by atoms with Crippen LogP contribution in [0.1, 0.15) is 42.5 Å². The van der Waals surface area contributed by atoms with Crippen LogP contribution in [0.2, 0.25) is 0 Å². The molecule has 1 aliphatic heterocycles. The van der Waals surface area contributed by atoms with Crippen molar-refractivity contribution in [1.82, 2.24) is 24.8 Å². The molecule has 0 aliphatic carbocycles. The normalized spacial score (nSPS) is 13.7. The van der Waals surface area contributed by atoms with E-state index >= 15 is 0 Å². The quantitative estimate of drug-likeness (QED) is 0.173. The minimum atomic E-state index is -4.60. The average Bonchev–Trinajstić information content (AvgIpc) is 2.96. The van der Waals surface area contributed by atoms with Crippen molar-refractivity contribution in [3.8, 4) is 5.75 Å². The number of hydrogen-bond acceptors (Lipinski definition) is 9. The third-order valence-corrected chi connectivity index (χ3v) is 6.78. The standard InChI is InChI=1S/C28H33F4N7O3/c29-21-14-23(18-33-17-21)42-13-12-39(10-2-1-5-22-7-6-19-4-3-9-34-25(19)37-22)11-8-24(26(40)41)38-27-35-15-20(16-36-27)28(30,31)32/h6-7,14-18,24H,1-5,8-13H2,(H,34,37)(H,40,41)(H,35,36,38). The summed E-state index contributed by atoms with van der Waals surface area (Å²) >= 11 is 0. The molecule has 1 atom stereocenters. The van der Waals surface area contributed by atoms with Crippen LogP contribution >= 0.6 is 0 Å². The minimum Gasteiger partial charge on any atom is -0.491 e. The Balaban J connectivity index is 1.32. The molecule has 10 nitrogen and oxygen atoms in total. The number of carbonyl (C=O) groups is 1. The molecule has 0 amide bonds. The maximum absolute atomic E-state index is 13.4. The Bertz CT molecular complexity index is 1310. The molecule has 0 spiro atoms. The van der Waals surface area contributed by atoms with Crippen LogP contribution in [0.3, 0.4) is 0 Å². The predicted octanol–water partition coefficient (Wildman–Crippen LogP) is 4.44. The first-order chi connectivity index (χ1) is 20.2. The number of rotatable bonds is 15. The van der Waals surface area contributed by atoms with Crippen molar-refractivity contribution in [2.75, 3.05) is 43.4 Å². The van der Waals surface area contributed by atoms with Crippen LogP contribution < -0.4 is 15.4 Å². The number of pyridine rings is 2. The zero-order chi connectivity index (χ0) is 30.0. The topological polar surface area (TPSA) is 125 Å². The van der Waals surface area contributed by atoms with Gasteiger partial charge in [0.25, 0.3) is 0 Å². The summed E-state index contributed by atoms with van der Waals surface area (Å²) in [5.74, 6) is -0.681. The molecule has 3 aromatic rings. The van der Waals surface area contributed by atoms with Crippen molar-refractivity contribution in [2.24, 2.45) is 0 Å². The minimum absolute atomic E-state index is 0.124. The number of nitrogens with one attached hydrogen (secondary N) is 2. The van der Waals surface area contributed by atoms with E-state index < -0.39 is 29.6 Å². The third kappa shape index (κ3) is 9.50.